The molecule has 22 heavy (non-hydrogen) atoms. The minimum Gasteiger partial charge on any atom is -0.350 e. The van der Waals surface area contributed by atoms with Crippen LogP contribution in [0.25, 0.3) is 0 Å². The highest BCUT2D eigenvalue weighted by Gasteiger charge is 2.40. The van der Waals surface area contributed by atoms with E-state index in [0.717, 1.165) is 6.20 Å². The van der Waals surface area contributed by atoms with Crippen LogP contribution in [0.3, 0.4) is 0 Å². The van der Waals surface area contributed by atoms with Gasteiger partial charge < -0.3 is 11.1 Å². The van der Waals surface area contributed by atoms with Gasteiger partial charge >= 0.3 is 6.18 Å². The minimum absolute atomic E-state index is 0.109. The van der Waals surface area contributed by atoms with E-state index >= 15 is 0 Å². The Morgan fingerprint density at radius 1 is 1.36 bits per heavy atom. The fourth-order valence-corrected chi connectivity index (χ4v) is 1.85. The van der Waals surface area contributed by atoms with Gasteiger partial charge in [0.05, 0.1) is 11.5 Å². The van der Waals surface area contributed by atoms with Gasteiger partial charge in [-0.3, -0.25) is 0 Å². The monoisotopic (exact) mass is 315 g/mol. The van der Waals surface area contributed by atoms with Crippen LogP contribution in [0.4, 0.5) is 19.1 Å². The molecule has 0 aliphatic heterocycles. The first-order valence-corrected chi connectivity index (χ1v) is 6.85. The Kier molecular flexibility index (Phi) is 5.35. The molecule has 1 atom stereocenters. The number of anilines is 1. The topological polar surface area (TPSA) is 87.6 Å². The molecule has 1 heterocycles. The minimum atomic E-state index is -4.67. The van der Waals surface area contributed by atoms with Gasteiger partial charge in [-0.05, 0) is 19.8 Å². The lowest BCUT2D eigenvalue weighted by molar-refractivity contribution is -0.142. The number of nitrogens with zero attached hydrogens (tertiary/aromatic N) is 3. The summed E-state index contributed by atoms with van der Waals surface area (Å²) in [5.74, 6) is -0.0351. The van der Waals surface area contributed by atoms with E-state index in [4.69, 9.17) is 11.0 Å². The van der Waals surface area contributed by atoms with Gasteiger partial charge in [-0.1, -0.05) is 13.8 Å². The number of halogens is 3. The van der Waals surface area contributed by atoms with E-state index in [0.29, 0.717) is 0 Å². The lowest BCUT2D eigenvalue weighted by Crippen LogP contribution is -2.35. The van der Waals surface area contributed by atoms with Gasteiger partial charge in [-0.25, -0.2) is 9.97 Å². The molecule has 8 heteroatoms. The van der Waals surface area contributed by atoms with Crippen LogP contribution in [0.2, 0.25) is 0 Å². The van der Waals surface area contributed by atoms with E-state index in [-0.39, 0.29) is 30.0 Å². The molecule has 0 amide bonds. The Morgan fingerprint density at radius 2 is 1.95 bits per heavy atom. The van der Waals surface area contributed by atoms with Crippen LogP contribution in [0.1, 0.15) is 39.0 Å². The number of nitriles is 1. The number of hydrogen-bond donors (Lipinski definition) is 2. The molecule has 1 rings (SSSR count). The molecular weight excluding hydrogens is 295 g/mol. The summed E-state index contributed by atoms with van der Waals surface area (Å²) >= 11 is 0. The summed E-state index contributed by atoms with van der Waals surface area (Å²) in [6, 6.07) is 1.60. The zero-order valence-electron chi connectivity index (χ0n) is 13.0. The molecule has 122 valence electrons. The molecule has 5 nitrogen and oxygen atoms in total. The van der Waals surface area contributed by atoms with Crippen LogP contribution in [0.15, 0.2) is 6.20 Å². The number of aromatic nitrogens is 2. The second-order valence-corrected chi connectivity index (χ2v) is 5.92. The molecule has 1 aromatic heterocycles. The van der Waals surface area contributed by atoms with E-state index in [9.17, 15) is 13.2 Å². The average Bonchev–Trinajstić information content (AvgIpc) is 2.43. The lowest BCUT2D eigenvalue weighted by atomic mass is 9.86. The van der Waals surface area contributed by atoms with Gasteiger partial charge in [0.15, 0.2) is 5.69 Å². The molecule has 0 fully saturated rings. The van der Waals surface area contributed by atoms with E-state index in [1.165, 1.54) is 13.8 Å². The molecule has 0 unspecified atom stereocenters. The molecule has 0 spiro atoms. The van der Waals surface area contributed by atoms with Gasteiger partial charge in [0.25, 0.3) is 0 Å². The summed E-state index contributed by atoms with van der Waals surface area (Å²) in [5, 5.41) is 11.9. The van der Waals surface area contributed by atoms with Crippen molar-refractivity contribution in [3.05, 3.63) is 17.5 Å². The molecule has 0 aliphatic rings. The van der Waals surface area contributed by atoms with Crippen molar-refractivity contribution in [2.75, 3.05) is 11.9 Å². The van der Waals surface area contributed by atoms with Crippen LogP contribution in [-0.4, -0.2) is 22.6 Å². The Morgan fingerprint density at radius 3 is 2.36 bits per heavy atom. The van der Waals surface area contributed by atoms with Crippen molar-refractivity contribution in [3.63, 3.8) is 0 Å². The number of nitrogens with one attached hydrogen (secondary N) is 1. The smallest absolute Gasteiger partial charge is 0.350 e. The SMILES string of the molecule is CC(C)[C@H](CN)Nc1ncc(C(C)(C)C#N)c(C(F)(F)F)n1. The molecule has 0 saturated heterocycles. The Bertz CT molecular complexity index is 561. The molecule has 0 bridgehead atoms. The third-order valence-corrected chi connectivity index (χ3v) is 3.38. The number of rotatable bonds is 5. The number of nitrogens with two attached hydrogens (primary N) is 1. The highest BCUT2D eigenvalue weighted by Crippen LogP contribution is 2.36. The standard InChI is InChI=1S/C14H20F3N5/c1-8(2)10(5-18)21-12-20-6-9(13(3,4)7-19)11(22-12)14(15,16)17/h6,8,10H,5,18H2,1-4H3,(H,20,21,22)/t10-/m0/s1. The maximum absolute atomic E-state index is 13.2. The normalized spacial score (nSPS) is 13.8. The summed E-state index contributed by atoms with van der Waals surface area (Å²) in [6.45, 7) is 6.81. The maximum atomic E-state index is 13.2. The van der Waals surface area contributed by atoms with Crippen LogP contribution in [0, 0.1) is 17.2 Å². The summed E-state index contributed by atoms with van der Waals surface area (Å²) in [4.78, 5) is 7.48. The van der Waals surface area contributed by atoms with Crippen molar-refractivity contribution in [2.24, 2.45) is 11.7 Å². The van der Waals surface area contributed by atoms with Crippen molar-refractivity contribution in [1.29, 1.82) is 5.26 Å². The highest BCUT2D eigenvalue weighted by atomic mass is 19.4. The van der Waals surface area contributed by atoms with Crippen LogP contribution in [0.5, 0.6) is 0 Å². The predicted molar refractivity (Wildman–Crippen MR) is 77.0 cm³/mol. The van der Waals surface area contributed by atoms with E-state index in [1.54, 1.807) is 0 Å². The first-order valence-electron chi connectivity index (χ1n) is 6.85. The van der Waals surface area contributed by atoms with Gasteiger partial charge in [0, 0.05) is 24.3 Å². The zero-order valence-corrected chi connectivity index (χ0v) is 13.0. The van der Waals surface area contributed by atoms with Crippen LogP contribution >= 0.6 is 0 Å². The Labute approximate surface area is 127 Å². The molecule has 1 aromatic rings. The fourth-order valence-electron chi connectivity index (χ4n) is 1.85. The summed E-state index contributed by atoms with van der Waals surface area (Å²) < 4.78 is 39.7. The van der Waals surface area contributed by atoms with Crippen LogP contribution < -0.4 is 11.1 Å². The highest BCUT2D eigenvalue weighted by molar-refractivity contribution is 5.38. The van der Waals surface area contributed by atoms with Crippen LogP contribution in [-0.2, 0) is 11.6 Å². The fraction of sp³-hybridized carbons (Fsp3) is 0.643. The Balaban J connectivity index is 3.31. The zero-order chi connectivity index (χ0) is 17.1. The third-order valence-electron chi connectivity index (χ3n) is 3.38. The van der Waals surface area contributed by atoms with Crippen molar-refractivity contribution >= 4 is 5.95 Å². The molecule has 0 aliphatic carbocycles. The van der Waals surface area contributed by atoms with Gasteiger partial charge in [0.1, 0.15) is 0 Å². The van der Waals surface area contributed by atoms with E-state index in [2.05, 4.69) is 15.3 Å². The van der Waals surface area contributed by atoms with Gasteiger partial charge in [-0.15, -0.1) is 0 Å². The lowest BCUT2D eigenvalue weighted by Gasteiger charge is -2.23. The Hall–Kier alpha value is -1.88. The molecule has 0 aromatic carbocycles. The molecule has 0 saturated carbocycles. The van der Waals surface area contributed by atoms with Gasteiger partial charge in [-0.2, -0.15) is 18.4 Å². The van der Waals surface area contributed by atoms with Gasteiger partial charge in [0.2, 0.25) is 5.95 Å². The van der Waals surface area contributed by atoms with Crippen molar-refractivity contribution in [1.82, 2.24) is 9.97 Å². The molecular formula is C14H20F3N5. The third kappa shape index (κ3) is 4.07. The largest absolute Gasteiger partial charge is 0.433 e. The maximum Gasteiger partial charge on any atom is 0.433 e. The predicted octanol–water partition coefficient (Wildman–Crippen LogP) is 2.69. The van der Waals surface area contributed by atoms with Crippen molar-refractivity contribution < 1.29 is 13.2 Å². The number of hydrogen-bond acceptors (Lipinski definition) is 5. The van der Waals surface area contributed by atoms with E-state index in [1.807, 2.05) is 19.9 Å². The second-order valence-electron chi connectivity index (χ2n) is 5.92. The van der Waals surface area contributed by atoms with E-state index < -0.39 is 17.3 Å². The molecule has 3 N–H and O–H groups in total. The first kappa shape index (κ1) is 18.2. The number of alkyl halides is 3. The summed E-state index contributed by atoms with van der Waals surface area (Å²) in [7, 11) is 0. The summed E-state index contributed by atoms with van der Waals surface area (Å²) in [5.41, 5.74) is 2.90. The second kappa shape index (κ2) is 6.48. The molecule has 0 radical (unpaired) electrons. The average molecular weight is 315 g/mol. The quantitative estimate of drug-likeness (QED) is 0.872. The van der Waals surface area contributed by atoms with Crippen molar-refractivity contribution in [2.45, 2.75) is 45.3 Å². The summed E-state index contributed by atoms with van der Waals surface area (Å²) in [6.07, 6.45) is -3.62. The van der Waals surface area contributed by atoms with Crippen molar-refractivity contribution in [3.8, 4) is 6.07 Å². The first-order chi connectivity index (χ1) is 10.0.